The third-order valence-corrected chi connectivity index (χ3v) is 7.59. The Kier molecular flexibility index (Phi) is 5.99. The zero-order valence-electron chi connectivity index (χ0n) is 18.1. The molecule has 2 aromatic rings. The van der Waals surface area contributed by atoms with Crippen LogP contribution in [0, 0.1) is 23.7 Å². The van der Waals surface area contributed by atoms with Crippen LogP contribution in [0.5, 0.6) is 0 Å². The normalized spacial score (nSPS) is 30.3. The van der Waals surface area contributed by atoms with Crippen LogP contribution >= 0.6 is 0 Å². The first-order valence-corrected chi connectivity index (χ1v) is 11.1. The summed E-state index contributed by atoms with van der Waals surface area (Å²) in [6.45, 7) is 1.47. The van der Waals surface area contributed by atoms with Crippen molar-refractivity contribution in [3.8, 4) is 0 Å². The molecule has 2 aliphatic rings. The van der Waals surface area contributed by atoms with Gasteiger partial charge in [-0.2, -0.15) is 13.2 Å². The molecular weight excluding hydrogens is 445 g/mol. The number of rotatable bonds is 3. The molecule has 2 heterocycles. The van der Waals surface area contributed by atoms with Gasteiger partial charge >= 0.3 is 6.18 Å². The Balaban J connectivity index is 1.71. The molecule has 0 radical (unpaired) electrons. The Labute approximate surface area is 187 Å². The molecule has 0 aromatic carbocycles. The Morgan fingerprint density at radius 2 is 1.88 bits per heavy atom. The molecule has 4 rings (SSSR count). The number of H-pyrrole nitrogens is 1. The van der Waals surface area contributed by atoms with Crippen molar-refractivity contribution in [3.63, 3.8) is 0 Å². The molecule has 3 atom stereocenters. The van der Waals surface area contributed by atoms with E-state index < -0.39 is 47.6 Å². The molecule has 5 nitrogen and oxygen atoms in total. The van der Waals surface area contributed by atoms with Gasteiger partial charge in [0.1, 0.15) is 5.69 Å². The second-order valence-electron chi connectivity index (χ2n) is 9.56. The molecule has 2 fully saturated rings. The van der Waals surface area contributed by atoms with Gasteiger partial charge in [0.05, 0.1) is 16.8 Å². The van der Waals surface area contributed by atoms with E-state index in [2.05, 4.69) is 9.97 Å². The fourth-order valence-electron chi connectivity index (χ4n) is 5.73. The van der Waals surface area contributed by atoms with E-state index in [0.717, 1.165) is 0 Å². The molecule has 2 aromatic heterocycles. The number of halogens is 5. The van der Waals surface area contributed by atoms with Crippen LogP contribution in [0.3, 0.4) is 0 Å². The van der Waals surface area contributed by atoms with Gasteiger partial charge in [-0.15, -0.1) is 0 Å². The minimum absolute atomic E-state index is 0.00748. The average Bonchev–Trinajstić information content (AvgIpc) is 2.74. The van der Waals surface area contributed by atoms with Gasteiger partial charge in [0.15, 0.2) is 5.43 Å². The summed E-state index contributed by atoms with van der Waals surface area (Å²) in [5, 5.41) is -0.00748. The Bertz CT molecular complexity index is 1110. The van der Waals surface area contributed by atoms with Gasteiger partial charge in [0, 0.05) is 36.2 Å². The number of primary amides is 1. The molecule has 1 unspecified atom stereocenters. The van der Waals surface area contributed by atoms with Gasteiger partial charge in [-0.25, -0.2) is 8.78 Å². The number of carbonyl (C=O) groups is 1. The van der Waals surface area contributed by atoms with E-state index in [0.29, 0.717) is 18.5 Å². The molecule has 0 spiro atoms. The minimum atomic E-state index is -4.24. The van der Waals surface area contributed by atoms with E-state index in [1.165, 1.54) is 25.3 Å². The number of hydrogen-bond donors (Lipinski definition) is 2. The highest BCUT2D eigenvalue weighted by molar-refractivity contribution is 6.03. The van der Waals surface area contributed by atoms with Crippen LogP contribution in [0.15, 0.2) is 23.1 Å². The van der Waals surface area contributed by atoms with Crippen molar-refractivity contribution in [2.24, 2.45) is 29.4 Å². The molecule has 0 saturated heterocycles. The van der Waals surface area contributed by atoms with Crippen molar-refractivity contribution in [1.82, 2.24) is 9.97 Å². The lowest BCUT2D eigenvalue weighted by Crippen LogP contribution is -2.42. The smallest absolute Gasteiger partial charge is 0.364 e. The standard InChI is InChI=1S/C23H26F5N3O2/c1-11-8-14(12-2-4-13(5-3-12)23(26,27)28)15(10-22(11,24)25)17-9-18(32)19-16(31-17)6-7-30-20(19)21(29)33/h6-7,9,11-15H,2-5,8,10H2,1H3,(H2,29,33)(H,31,32)/t11-,12?,13?,14?,15-/m1/s1. The predicted molar refractivity (Wildman–Crippen MR) is 112 cm³/mol. The van der Waals surface area contributed by atoms with E-state index in [-0.39, 0.29) is 47.7 Å². The molecule has 2 saturated carbocycles. The van der Waals surface area contributed by atoms with E-state index >= 15 is 0 Å². The van der Waals surface area contributed by atoms with E-state index in [1.807, 2.05) is 0 Å². The lowest BCUT2D eigenvalue weighted by Gasteiger charge is -2.45. The fraction of sp³-hybridized carbons (Fsp3) is 0.609. The molecule has 1 amide bonds. The molecule has 10 heteroatoms. The van der Waals surface area contributed by atoms with Gasteiger partial charge in [-0.1, -0.05) is 6.92 Å². The highest BCUT2D eigenvalue weighted by Crippen LogP contribution is 2.54. The first-order valence-electron chi connectivity index (χ1n) is 11.1. The number of fused-ring (bicyclic) bond motifs is 1. The van der Waals surface area contributed by atoms with Crippen LogP contribution in [0.4, 0.5) is 22.0 Å². The van der Waals surface area contributed by atoms with Gasteiger partial charge in [0.2, 0.25) is 0 Å². The second-order valence-corrected chi connectivity index (χ2v) is 9.56. The van der Waals surface area contributed by atoms with Crippen molar-refractivity contribution in [2.45, 2.75) is 63.5 Å². The summed E-state index contributed by atoms with van der Waals surface area (Å²) in [5.41, 5.74) is 5.13. The zero-order chi connectivity index (χ0) is 24.1. The third-order valence-electron chi connectivity index (χ3n) is 7.59. The maximum atomic E-state index is 14.8. The predicted octanol–water partition coefficient (Wildman–Crippen LogP) is 5.16. The van der Waals surface area contributed by atoms with Crippen molar-refractivity contribution in [1.29, 1.82) is 0 Å². The number of nitrogens with one attached hydrogen (secondary N) is 1. The lowest BCUT2D eigenvalue weighted by molar-refractivity contribution is -0.186. The van der Waals surface area contributed by atoms with Crippen LogP contribution in [0.1, 0.15) is 67.5 Å². The average molecular weight is 471 g/mol. The zero-order valence-corrected chi connectivity index (χ0v) is 18.1. The molecule has 3 N–H and O–H groups in total. The Hall–Kier alpha value is -2.52. The SMILES string of the molecule is C[C@@H]1CC(C2CCC(C(F)(F)F)CC2)[C@H](c2cc(=O)c3c(C(N)=O)nccc3[nH]2)CC1(F)F. The summed E-state index contributed by atoms with van der Waals surface area (Å²) in [7, 11) is 0. The lowest BCUT2D eigenvalue weighted by atomic mass is 9.62. The summed E-state index contributed by atoms with van der Waals surface area (Å²) >= 11 is 0. The number of nitrogens with two attached hydrogens (primary N) is 1. The van der Waals surface area contributed by atoms with Crippen LogP contribution in [0.25, 0.3) is 10.9 Å². The van der Waals surface area contributed by atoms with Crippen molar-refractivity contribution in [2.75, 3.05) is 0 Å². The number of aromatic amines is 1. The van der Waals surface area contributed by atoms with Crippen molar-refractivity contribution < 1.29 is 26.7 Å². The number of pyridine rings is 2. The fourth-order valence-corrected chi connectivity index (χ4v) is 5.73. The first kappa shape index (κ1) is 23.6. The molecular formula is C23H26F5N3O2. The van der Waals surface area contributed by atoms with Gasteiger partial charge in [0.25, 0.3) is 11.8 Å². The van der Waals surface area contributed by atoms with Gasteiger partial charge in [-0.05, 0) is 50.0 Å². The van der Waals surface area contributed by atoms with Gasteiger partial charge < -0.3 is 10.7 Å². The third kappa shape index (κ3) is 4.48. The van der Waals surface area contributed by atoms with Crippen molar-refractivity contribution in [3.05, 3.63) is 39.9 Å². The number of alkyl halides is 5. The second kappa shape index (κ2) is 8.36. The summed E-state index contributed by atoms with van der Waals surface area (Å²) in [5.74, 6) is -7.23. The van der Waals surface area contributed by atoms with E-state index in [4.69, 9.17) is 5.73 Å². The summed E-state index contributed by atoms with van der Waals surface area (Å²) in [6, 6.07) is 2.68. The van der Waals surface area contributed by atoms with E-state index in [9.17, 15) is 31.5 Å². The number of nitrogens with zero attached hydrogens (tertiary/aromatic N) is 1. The maximum Gasteiger partial charge on any atom is 0.391 e. The number of aromatic nitrogens is 2. The summed E-state index contributed by atoms with van der Waals surface area (Å²) in [4.78, 5) is 31.4. The highest BCUT2D eigenvalue weighted by atomic mass is 19.4. The van der Waals surface area contributed by atoms with Gasteiger partial charge in [-0.3, -0.25) is 14.6 Å². The van der Waals surface area contributed by atoms with Crippen LogP contribution in [-0.2, 0) is 0 Å². The van der Waals surface area contributed by atoms with E-state index in [1.54, 1.807) is 0 Å². The summed E-state index contributed by atoms with van der Waals surface area (Å²) in [6.07, 6.45) is -2.65. The Morgan fingerprint density at radius 3 is 2.48 bits per heavy atom. The van der Waals surface area contributed by atoms with Crippen molar-refractivity contribution >= 4 is 16.8 Å². The summed E-state index contributed by atoms with van der Waals surface area (Å²) < 4.78 is 68.9. The van der Waals surface area contributed by atoms with Crippen LogP contribution in [0.2, 0.25) is 0 Å². The molecule has 33 heavy (non-hydrogen) atoms. The first-order chi connectivity index (χ1) is 15.4. The molecule has 180 valence electrons. The number of carbonyl (C=O) groups excluding carboxylic acids is 1. The molecule has 0 bridgehead atoms. The largest absolute Gasteiger partial charge is 0.391 e. The monoisotopic (exact) mass is 471 g/mol. The maximum absolute atomic E-state index is 14.8. The highest BCUT2D eigenvalue weighted by Gasteiger charge is 2.51. The number of amides is 1. The topological polar surface area (TPSA) is 88.8 Å². The quantitative estimate of drug-likeness (QED) is 0.607. The Morgan fingerprint density at radius 1 is 1.21 bits per heavy atom. The van der Waals surface area contributed by atoms with Crippen LogP contribution in [-0.4, -0.2) is 28.0 Å². The molecule has 0 aliphatic heterocycles. The minimum Gasteiger partial charge on any atom is -0.364 e. The van der Waals surface area contributed by atoms with Crippen LogP contribution < -0.4 is 11.2 Å². The molecule has 2 aliphatic carbocycles. The number of hydrogen-bond acceptors (Lipinski definition) is 3.